The monoisotopic (exact) mass is 210 g/mol. The molecule has 0 aliphatic heterocycles. The molecule has 1 aromatic carbocycles. The fraction of sp³-hybridized carbons (Fsp3) is 0.571. The lowest BCUT2D eigenvalue weighted by atomic mass is 9.86. The Balaban J connectivity index is 0.000000921. The summed E-state index contributed by atoms with van der Waals surface area (Å²) in [7, 11) is 0. The second-order valence-electron chi connectivity index (χ2n) is 3.81. The van der Waals surface area contributed by atoms with Gasteiger partial charge < -0.3 is 0 Å². The molecule has 0 saturated carbocycles. The third-order valence-corrected chi connectivity index (χ3v) is 2.54. The van der Waals surface area contributed by atoms with Crippen LogP contribution < -0.4 is 0 Å². The molecular weight excluding hydrogens is 187 g/mol. The van der Waals surface area contributed by atoms with E-state index in [1.165, 1.54) is 5.56 Å². The number of hydrogen-bond acceptors (Lipinski definition) is 0. The van der Waals surface area contributed by atoms with E-state index < -0.39 is 0 Å². The predicted octanol–water partition coefficient (Wildman–Crippen LogP) is 5.00. The minimum atomic E-state index is -0.151. The van der Waals surface area contributed by atoms with Crippen molar-refractivity contribution in [1.82, 2.24) is 0 Å². The summed E-state index contributed by atoms with van der Waals surface area (Å²) in [5.41, 5.74) is 1.25. The smallest absolute Gasteiger partial charge is 0.123 e. The van der Waals surface area contributed by atoms with Gasteiger partial charge in [-0.05, 0) is 36.0 Å². The van der Waals surface area contributed by atoms with Crippen molar-refractivity contribution in [2.24, 2.45) is 5.92 Å². The van der Waals surface area contributed by atoms with Gasteiger partial charge in [0.1, 0.15) is 5.82 Å². The summed E-state index contributed by atoms with van der Waals surface area (Å²) in [6.45, 7) is 10.6. The van der Waals surface area contributed by atoms with Crippen LogP contribution in [0.25, 0.3) is 0 Å². The molecule has 86 valence electrons. The molecule has 0 spiro atoms. The van der Waals surface area contributed by atoms with E-state index in [1.54, 1.807) is 12.1 Å². The minimum Gasteiger partial charge on any atom is -0.207 e. The SMILES string of the molecule is CC.CCC(c1ccc(F)cc1)C(C)C. The van der Waals surface area contributed by atoms with Crippen molar-refractivity contribution >= 4 is 0 Å². The molecule has 1 heteroatoms. The van der Waals surface area contributed by atoms with Crippen molar-refractivity contribution in [1.29, 1.82) is 0 Å². The van der Waals surface area contributed by atoms with E-state index in [1.807, 2.05) is 26.0 Å². The van der Waals surface area contributed by atoms with Gasteiger partial charge in [0, 0.05) is 0 Å². The lowest BCUT2D eigenvalue weighted by Crippen LogP contribution is -2.05. The van der Waals surface area contributed by atoms with Crippen molar-refractivity contribution in [2.75, 3.05) is 0 Å². The van der Waals surface area contributed by atoms with Crippen LogP contribution in [0, 0.1) is 11.7 Å². The normalized spacial score (nSPS) is 11.9. The maximum Gasteiger partial charge on any atom is 0.123 e. The molecule has 0 aliphatic carbocycles. The molecule has 0 saturated heterocycles. The lowest BCUT2D eigenvalue weighted by Gasteiger charge is -2.19. The molecule has 1 unspecified atom stereocenters. The molecule has 0 aromatic heterocycles. The Hall–Kier alpha value is -0.850. The van der Waals surface area contributed by atoms with Crippen LogP contribution in [0.3, 0.4) is 0 Å². The summed E-state index contributed by atoms with van der Waals surface area (Å²) < 4.78 is 12.7. The molecule has 15 heavy (non-hydrogen) atoms. The Morgan fingerprint density at radius 3 is 1.87 bits per heavy atom. The van der Waals surface area contributed by atoms with Crippen molar-refractivity contribution < 1.29 is 4.39 Å². The van der Waals surface area contributed by atoms with Crippen LogP contribution in [0.5, 0.6) is 0 Å². The van der Waals surface area contributed by atoms with Crippen LogP contribution in [-0.4, -0.2) is 0 Å². The highest BCUT2D eigenvalue weighted by Crippen LogP contribution is 2.27. The van der Waals surface area contributed by atoms with Gasteiger partial charge in [-0.2, -0.15) is 0 Å². The van der Waals surface area contributed by atoms with E-state index in [9.17, 15) is 4.39 Å². The van der Waals surface area contributed by atoms with Crippen LogP contribution in [0.2, 0.25) is 0 Å². The standard InChI is InChI=1S/C12H17F.C2H6/c1-4-12(9(2)3)10-5-7-11(13)8-6-10;1-2/h5-9,12H,4H2,1-3H3;1-2H3. The van der Waals surface area contributed by atoms with E-state index in [0.717, 1.165) is 6.42 Å². The first-order valence-corrected chi connectivity index (χ1v) is 5.90. The zero-order valence-corrected chi connectivity index (χ0v) is 10.5. The highest BCUT2D eigenvalue weighted by molar-refractivity contribution is 5.20. The predicted molar refractivity (Wildman–Crippen MR) is 65.6 cm³/mol. The van der Waals surface area contributed by atoms with E-state index in [0.29, 0.717) is 11.8 Å². The molecule has 0 N–H and O–H groups in total. The first-order chi connectivity index (χ1) is 7.15. The summed E-state index contributed by atoms with van der Waals surface area (Å²) in [5, 5.41) is 0. The quantitative estimate of drug-likeness (QED) is 0.658. The number of halogens is 1. The molecule has 0 aliphatic rings. The molecule has 0 radical (unpaired) electrons. The second kappa shape index (κ2) is 7.44. The van der Waals surface area contributed by atoms with E-state index >= 15 is 0 Å². The highest BCUT2D eigenvalue weighted by atomic mass is 19.1. The zero-order valence-electron chi connectivity index (χ0n) is 10.5. The summed E-state index contributed by atoms with van der Waals surface area (Å²) in [6, 6.07) is 6.87. The van der Waals surface area contributed by atoms with Crippen LogP contribution in [-0.2, 0) is 0 Å². The van der Waals surface area contributed by atoms with Crippen molar-refractivity contribution in [3.05, 3.63) is 35.6 Å². The van der Waals surface area contributed by atoms with E-state index in [4.69, 9.17) is 0 Å². The van der Waals surface area contributed by atoms with Crippen LogP contribution >= 0.6 is 0 Å². The molecule has 1 aromatic rings. The molecular formula is C14H23F. The highest BCUT2D eigenvalue weighted by Gasteiger charge is 2.12. The number of benzene rings is 1. The maximum atomic E-state index is 12.7. The number of hydrogen-bond donors (Lipinski definition) is 0. The van der Waals surface area contributed by atoms with Gasteiger partial charge in [-0.15, -0.1) is 0 Å². The van der Waals surface area contributed by atoms with E-state index in [2.05, 4.69) is 20.8 Å². The third-order valence-electron chi connectivity index (χ3n) is 2.54. The molecule has 0 heterocycles. The molecule has 0 amide bonds. The first-order valence-electron chi connectivity index (χ1n) is 5.90. The van der Waals surface area contributed by atoms with Gasteiger partial charge >= 0.3 is 0 Å². The maximum absolute atomic E-state index is 12.7. The van der Waals surface area contributed by atoms with Gasteiger partial charge in [-0.3, -0.25) is 0 Å². The molecule has 0 fully saturated rings. The van der Waals surface area contributed by atoms with Crippen LogP contribution in [0.1, 0.15) is 52.5 Å². The molecule has 1 atom stereocenters. The lowest BCUT2D eigenvalue weighted by molar-refractivity contribution is 0.484. The summed E-state index contributed by atoms with van der Waals surface area (Å²) >= 11 is 0. The molecule has 0 nitrogen and oxygen atoms in total. The minimum absolute atomic E-state index is 0.151. The van der Waals surface area contributed by atoms with Gasteiger partial charge in [-0.1, -0.05) is 46.8 Å². The fourth-order valence-corrected chi connectivity index (χ4v) is 1.80. The van der Waals surface area contributed by atoms with Gasteiger partial charge in [0.05, 0.1) is 0 Å². The molecule has 1 rings (SSSR count). The summed E-state index contributed by atoms with van der Waals surface area (Å²) in [5.74, 6) is 1.03. The Bertz CT molecular complexity index is 249. The summed E-state index contributed by atoms with van der Waals surface area (Å²) in [4.78, 5) is 0. The number of rotatable bonds is 3. The Kier molecular flexibility index (Phi) is 7.02. The van der Waals surface area contributed by atoms with Crippen molar-refractivity contribution in [3.8, 4) is 0 Å². The first kappa shape index (κ1) is 14.2. The van der Waals surface area contributed by atoms with Gasteiger partial charge in [0.2, 0.25) is 0 Å². The third kappa shape index (κ3) is 4.46. The van der Waals surface area contributed by atoms with Crippen LogP contribution in [0.4, 0.5) is 4.39 Å². The molecule has 0 bridgehead atoms. The largest absolute Gasteiger partial charge is 0.207 e. The average Bonchev–Trinajstić information content (AvgIpc) is 2.24. The van der Waals surface area contributed by atoms with Crippen molar-refractivity contribution in [3.63, 3.8) is 0 Å². The Morgan fingerprint density at radius 2 is 1.53 bits per heavy atom. The summed E-state index contributed by atoms with van der Waals surface area (Å²) in [6.07, 6.45) is 1.11. The average molecular weight is 210 g/mol. The second-order valence-corrected chi connectivity index (χ2v) is 3.81. The Morgan fingerprint density at radius 1 is 1.07 bits per heavy atom. The van der Waals surface area contributed by atoms with E-state index in [-0.39, 0.29) is 5.82 Å². The fourth-order valence-electron chi connectivity index (χ4n) is 1.80. The zero-order chi connectivity index (χ0) is 11.8. The van der Waals surface area contributed by atoms with Gasteiger partial charge in [0.15, 0.2) is 0 Å². The van der Waals surface area contributed by atoms with Gasteiger partial charge in [0.25, 0.3) is 0 Å². The van der Waals surface area contributed by atoms with Crippen LogP contribution in [0.15, 0.2) is 24.3 Å². The van der Waals surface area contributed by atoms with Gasteiger partial charge in [-0.25, -0.2) is 4.39 Å². The Labute approximate surface area is 93.5 Å². The van der Waals surface area contributed by atoms with Crippen molar-refractivity contribution in [2.45, 2.75) is 47.0 Å². The topological polar surface area (TPSA) is 0 Å².